The molecule has 16 heavy (non-hydrogen) atoms. The van der Waals surface area contributed by atoms with Gasteiger partial charge in [-0.05, 0) is 31.4 Å². The molecule has 2 aliphatic rings. The summed E-state index contributed by atoms with van der Waals surface area (Å²) < 4.78 is 13.1. The van der Waals surface area contributed by atoms with Gasteiger partial charge in [-0.25, -0.2) is 0 Å². The molecule has 0 bridgehead atoms. The second-order valence-corrected chi connectivity index (χ2v) is 4.59. The van der Waals surface area contributed by atoms with Crippen LogP contribution < -0.4 is 15.2 Å². The minimum Gasteiger partial charge on any atom is -0.490 e. The van der Waals surface area contributed by atoms with Crippen LogP contribution in [-0.2, 0) is 0 Å². The lowest BCUT2D eigenvalue weighted by molar-refractivity contribution is 0.120. The van der Waals surface area contributed by atoms with Crippen LogP contribution in [0.2, 0.25) is 0 Å². The van der Waals surface area contributed by atoms with E-state index >= 15 is 0 Å². The molecule has 3 rings (SSSR count). The summed E-state index contributed by atoms with van der Waals surface area (Å²) in [5.41, 5.74) is 7.77. The Balaban J connectivity index is 1.95. The largest absolute Gasteiger partial charge is 0.490 e. The maximum absolute atomic E-state index is 5.91. The minimum atomic E-state index is 0.355. The van der Waals surface area contributed by atoms with Crippen molar-refractivity contribution in [1.29, 1.82) is 0 Å². The van der Waals surface area contributed by atoms with Crippen LogP contribution in [0.15, 0.2) is 22.6 Å². The predicted molar refractivity (Wildman–Crippen MR) is 66.6 cm³/mol. The molecule has 84 valence electrons. The highest BCUT2D eigenvalue weighted by atomic mass is 32.2. The predicted octanol–water partition coefficient (Wildman–Crippen LogP) is 2.31. The first-order chi connectivity index (χ1) is 7.84. The van der Waals surface area contributed by atoms with Crippen molar-refractivity contribution in [3.8, 4) is 5.75 Å². The standard InChI is InChI=1S/C11H13N3OS/c12-11-10-8(13-16-14-11)5-2-6-9(10)15-7-3-1-4-7/h2,5-7,13H,1,3-4H2,(H2,12,14). The molecule has 0 atom stereocenters. The van der Waals surface area contributed by atoms with Crippen LogP contribution >= 0.6 is 12.1 Å². The molecule has 0 spiro atoms. The van der Waals surface area contributed by atoms with Gasteiger partial charge in [0.15, 0.2) is 0 Å². The summed E-state index contributed by atoms with van der Waals surface area (Å²) in [6.45, 7) is 0. The molecule has 0 saturated heterocycles. The van der Waals surface area contributed by atoms with Crippen molar-refractivity contribution in [3.63, 3.8) is 0 Å². The van der Waals surface area contributed by atoms with Crippen molar-refractivity contribution in [1.82, 2.24) is 0 Å². The van der Waals surface area contributed by atoms with E-state index in [1.165, 1.54) is 18.6 Å². The molecule has 1 heterocycles. The molecule has 4 nitrogen and oxygen atoms in total. The monoisotopic (exact) mass is 235 g/mol. The minimum absolute atomic E-state index is 0.355. The molecule has 0 radical (unpaired) electrons. The molecular weight excluding hydrogens is 222 g/mol. The Hall–Kier alpha value is -1.36. The average Bonchev–Trinajstić information content (AvgIpc) is 2.24. The maximum atomic E-state index is 5.91. The molecule has 3 N–H and O–H groups in total. The van der Waals surface area contributed by atoms with Gasteiger partial charge in [-0.3, -0.25) is 0 Å². The van der Waals surface area contributed by atoms with Crippen LogP contribution in [0.3, 0.4) is 0 Å². The Kier molecular flexibility index (Phi) is 2.40. The van der Waals surface area contributed by atoms with Gasteiger partial charge < -0.3 is 15.2 Å². The van der Waals surface area contributed by atoms with Gasteiger partial charge in [-0.15, -0.1) is 0 Å². The number of hydrogen-bond acceptors (Lipinski definition) is 5. The van der Waals surface area contributed by atoms with Gasteiger partial charge in [0.1, 0.15) is 11.6 Å². The lowest BCUT2D eigenvalue weighted by atomic mass is 9.96. The summed E-state index contributed by atoms with van der Waals surface area (Å²) in [6, 6.07) is 5.91. The van der Waals surface area contributed by atoms with E-state index in [2.05, 4.69) is 9.12 Å². The summed E-state index contributed by atoms with van der Waals surface area (Å²) >= 11 is 1.25. The van der Waals surface area contributed by atoms with Gasteiger partial charge in [-0.2, -0.15) is 4.40 Å². The highest BCUT2D eigenvalue weighted by Crippen LogP contribution is 2.34. The van der Waals surface area contributed by atoms with E-state index in [1.54, 1.807) is 0 Å². The van der Waals surface area contributed by atoms with Crippen molar-refractivity contribution < 1.29 is 4.74 Å². The molecule has 1 aliphatic heterocycles. The van der Waals surface area contributed by atoms with Gasteiger partial charge in [-0.1, -0.05) is 6.07 Å². The Morgan fingerprint density at radius 3 is 3.06 bits per heavy atom. The van der Waals surface area contributed by atoms with Gasteiger partial charge in [0.25, 0.3) is 0 Å². The van der Waals surface area contributed by atoms with Crippen LogP contribution in [-0.4, -0.2) is 11.9 Å². The van der Waals surface area contributed by atoms with E-state index in [-0.39, 0.29) is 0 Å². The van der Waals surface area contributed by atoms with Crippen molar-refractivity contribution >= 4 is 23.7 Å². The molecule has 1 aromatic carbocycles. The Bertz CT molecular complexity index is 443. The number of fused-ring (bicyclic) bond motifs is 1. The third-order valence-electron chi connectivity index (χ3n) is 2.93. The summed E-state index contributed by atoms with van der Waals surface area (Å²) in [5, 5.41) is 0. The van der Waals surface area contributed by atoms with Crippen LogP contribution in [0, 0.1) is 0 Å². The first kappa shape index (κ1) is 9.84. The zero-order valence-corrected chi connectivity index (χ0v) is 9.59. The third-order valence-corrected chi connectivity index (χ3v) is 3.53. The number of amidine groups is 1. The molecule has 0 aromatic heterocycles. The lowest BCUT2D eigenvalue weighted by Gasteiger charge is -2.28. The van der Waals surface area contributed by atoms with Crippen molar-refractivity contribution in [3.05, 3.63) is 23.8 Å². The zero-order valence-electron chi connectivity index (χ0n) is 8.77. The van der Waals surface area contributed by atoms with Crippen LogP contribution in [0.4, 0.5) is 5.69 Å². The topological polar surface area (TPSA) is 59.6 Å². The van der Waals surface area contributed by atoms with Gasteiger partial charge in [0.05, 0.1) is 29.5 Å². The quantitative estimate of drug-likeness (QED) is 0.772. The summed E-state index contributed by atoms with van der Waals surface area (Å²) in [7, 11) is 0. The second kappa shape index (κ2) is 3.90. The van der Waals surface area contributed by atoms with Gasteiger partial charge in [0.2, 0.25) is 0 Å². The fourth-order valence-corrected chi connectivity index (χ4v) is 2.32. The van der Waals surface area contributed by atoms with E-state index in [0.29, 0.717) is 11.9 Å². The Morgan fingerprint density at radius 1 is 1.44 bits per heavy atom. The SMILES string of the molecule is NC1=NSNc2cccc(OC3CCC3)c21. The molecular formula is C11H13N3OS. The number of benzene rings is 1. The smallest absolute Gasteiger partial charge is 0.146 e. The Labute approximate surface area is 98.5 Å². The first-order valence-corrected chi connectivity index (χ1v) is 6.17. The number of nitrogens with zero attached hydrogens (tertiary/aromatic N) is 1. The molecule has 0 unspecified atom stereocenters. The maximum Gasteiger partial charge on any atom is 0.146 e. The Morgan fingerprint density at radius 2 is 2.31 bits per heavy atom. The fourth-order valence-electron chi connectivity index (χ4n) is 1.81. The van der Waals surface area contributed by atoms with E-state index < -0.39 is 0 Å². The second-order valence-electron chi connectivity index (χ2n) is 4.02. The van der Waals surface area contributed by atoms with Crippen LogP contribution in [0.25, 0.3) is 0 Å². The van der Waals surface area contributed by atoms with E-state index in [4.69, 9.17) is 10.5 Å². The molecule has 1 saturated carbocycles. The van der Waals surface area contributed by atoms with Crippen LogP contribution in [0.5, 0.6) is 5.75 Å². The van der Waals surface area contributed by atoms with Crippen molar-refractivity contribution in [2.45, 2.75) is 25.4 Å². The highest BCUT2D eigenvalue weighted by Gasteiger charge is 2.23. The number of nitrogens with one attached hydrogen (secondary N) is 1. The molecule has 5 heteroatoms. The average molecular weight is 235 g/mol. The zero-order chi connectivity index (χ0) is 11.0. The van der Waals surface area contributed by atoms with E-state index in [9.17, 15) is 0 Å². The fraction of sp³-hybridized carbons (Fsp3) is 0.364. The van der Waals surface area contributed by atoms with Crippen molar-refractivity contribution in [2.75, 3.05) is 4.72 Å². The highest BCUT2D eigenvalue weighted by molar-refractivity contribution is 7.99. The van der Waals surface area contributed by atoms with E-state index in [1.807, 2.05) is 18.2 Å². The first-order valence-electron chi connectivity index (χ1n) is 5.40. The summed E-state index contributed by atoms with van der Waals surface area (Å²) in [4.78, 5) is 0. The van der Waals surface area contributed by atoms with Gasteiger partial charge in [0, 0.05) is 0 Å². The third kappa shape index (κ3) is 1.61. The number of hydrogen-bond donors (Lipinski definition) is 2. The molecule has 1 fully saturated rings. The molecule has 0 amide bonds. The van der Waals surface area contributed by atoms with Crippen LogP contribution in [0.1, 0.15) is 24.8 Å². The number of ether oxygens (including phenoxy) is 1. The van der Waals surface area contributed by atoms with Crippen molar-refractivity contribution in [2.24, 2.45) is 10.1 Å². The number of anilines is 1. The summed E-state index contributed by atoms with van der Waals surface area (Å²) in [6.07, 6.45) is 3.90. The summed E-state index contributed by atoms with van der Waals surface area (Å²) in [5.74, 6) is 1.38. The molecule has 1 aromatic rings. The van der Waals surface area contributed by atoms with E-state index in [0.717, 1.165) is 29.8 Å². The molecule has 1 aliphatic carbocycles. The lowest BCUT2D eigenvalue weighted by Crippen LogP contribution is -2.27. The normalized spacial score (nSPS) is 19.1. The number of nitrogens with two attached hydrogens (primary N) is 1. The van der Waals surface area contributed by atoms with Gasteiger partial charge >= 0.3 is 0 Å². The number of rotatable bonds is 2.